The molecule has 0 aliphatic rings. The van der Waals surface area contributed by atoms with E-state index >= 15 is 0 Å². The fourth-order valence-electron chi connectivity index (χ4n) is 0.503. The van der Waals surface area contributed by atoms with Crippen molar-refractivity contribution in [3.63, 3.8) is 0 Å². The van der Waals surface area contributed by atoms with Gasteiger partial charge in [-0.1, -0.05) is 0 Å². The molecule has 0 spiro atoms. The highest BCUT2D eigenvalue weighted by Crippen LogP contribution is 2.08. The van der Waals surface area contributed by atoms with Crippen LogP contribution in [-0.2, 0) is 3.07 Å². The van der Waals surface area contributed by atoms with Crippen molar-refractivity contribution in [3.05, 3.63) is 0 Å². The lowest BCUT2D eigenvalue weighted by molar-refractivity contribution is -0.961. The maximum absolute atomic E-state index is 12.1. The zero-order chi connectivity index (χ0) is 8.74. The Kier molecular flexibility index (Phi) is 6.25. The minimum Gasteiger partial charge on any atom is -0.310 e. The molecule has 68 valence electrons. The second-order valence-corrected chi connectivity index (χ2v) is 2.86. The van der Waals surface area contributed by atoms with Crippen LogP contribution in [-0.4, -0.2) is 38.0 Å². The third-order valence-corrected chi connectivity index (χ3v) is 1.84. The Morgan fingerprint density at radius 2 is 1.55 bits per heavy atom. The standard InChI is InChI=1S/C5H10F3INO/c6-3-10(4-7,5-8)1-2-11-9/h1-5H2/q+1. The number of halogens is 4. The van der Waals surface area contributed by atoms with Gasteiger partial charge in [-0.15, -0.1) is 0 Å². The van der Waals surface area contributed by atoms with Crippen LogP contribution in [0, 0.1) is 0 Å². The van der Waals surface area contributed by atoms with Crippen molar-refractivity contribution >= 4 is 23.0 Å². The van der Waals surface area contributed by atoms with Crippen LogP contribution in [0.1, 0.15) is 0 Å². The summed E-state index contributed by atoms with van der Waals surface area (Å²) in [7, 11) is 0. The SMILES string of the molecule is FC[N+](CF)(CF)CCOI. The molecule has 0 aromatic heterocycles. The lowest BCUT2D eigenvalue weighted by Crippen LogP contribution is -2.48. The second-order valence-electron chi connectivity index (χ2n) is 2.24. The van der Waals surface area contributed by atoms with Crippen molar-refractivity contribution in [2.45, 2.75) is 0 Å². The van der Waals surface area contributed by atoms with Gasteiger partial charge in [0.05, 0.1) is 0 Å². The Morgan fingerprint density at radius 3 is 1.82 bits per heavy atom. The van der Waals surface area contributed by atoms with Gasteiger partial charge in [0.2, 0.25) is 20.4 Å². The van der Waals surface area contributed by atoms with Gasteiger partial charge in [-0.05, 0) is 0 Å². The fourth-order valence-corrected chi connectivity index (χ4v) is 0.700. The van der Waals surface area contributed by atoms with Crippen molar-refractivity contribution in [1.29, 1.82) is 0 Å². The quantitative estimate of drug-likeness (QED) is 0.411. The molecule has 0 atom stereocenters. The molecule has 0 rings (SSSR count). The topological polar surface area (TPSA) is 9.23 Å². The molecule has 0 fully saturated rings. The molecule has 0 unspecified atom stereocenters. The molecule has 6 heteroatoms. The third kappa shape index (κ3) is 3.57. The predicted octanol–water partition coefficient (Wildman–Crippen LogP) is 1.95. The third-order valence-electron chi connectivity index (χ3n) is 1.40. The van der Waals surface area contributed by atoms with Gasteiger partial charge in [0.1, 0.15) is 36.2 Å². The van der Waals surface area contributed by atoms with E-state index in [2.05, 4.69) is 3.07 Å². The van der Waals surface area contributed by atoms with Gasteiger partial charge >= 0.3 is 0 Å². The average molecular weight is 284 g/mol. The predicted molar refractivity (Wildman–Crippen MR) is 43.0 cm³/mol. The highest BCUT2D eigenvalue weighted by atomic mass is 127. The van der Waals surface area contributed by atoms with E-state index in [-0.39, 0.29) is 13.2 Å². The van der Waals surface area contributed by atoms with Crippen molar-refractivity contribution in [2.75, 3.05) is 33.5 Å². The lowest BCUT2D eigenvalue weighted by Gasteiger charge is -2.28. The first kappa shape index (κ1) is 11.4. The van der Waals surface area contributed by atoms with Crippen molar-refractivity contribution in [2.24, 2.45) is 0 Å². The van der Waals surface area contributed by atoms with Gasteiger partial charge in [-0.3, -0.25) is 0 Å². The van der Waals surface area contributed by atoms with E-state index in [1.54, 1.807) is 23.0 Å². The summed E-state index contributed by atoms with van der Waals surface area (Å²) in [5.74, 6) is 0. The minimum atomic E-state index is -1.03. The first-order valence-corrected chi connectivity index (χ1v) is 3.89. The number of hydrogen-bond acceptors (Lipinski definition) is 1. The molecule has 0 bridgehead atoms. The van der Waals surface area contributed by atoms with Crippen LogP contribution in [0.25, 0.3) is 0 Å². The van der Waals surface area contributed by atoms with Gasteiger partial charge in [0, 0.05) is 0 Å². The molecular formula is C5H10F3INO+. The van der Waals surface area contributed by atoms with Crippen LogP contribution in [0.5, 0.6) is 0 Å². The van der Waals surface area contributed by atoms with Crippen LogP contribution >= 0.6 is 23.0 Å². The van der Waals surface area contributed by atoms with E-state index in [1.807, 2.05) is 0 Å². The number of alkyl halides is 3. The summed E-state index contributed by atoms with van der Waals surface area (Å²) < 4.78 is 40.0. The summed E-state index contributed by atoms with van der Waals surface area (Å²) in [6.07, 6.45) is 0. The van der Waals surface area contributed by atoms with Gasteiger partial charge in [-0.25, -0.2) is 4.48 Å². The maximum Gasteiger partial charge on any atom is 0.226 e. The lowest BCUT2D eigenvalue weighted by atomic mass is 10.5. The Bertz CT molecular complexity index is 93.5. The van der Waals surface area contributed by atoms with E-state index in [0.717, 1.165) is 0 Å². The summed E-state index contributed by atoms with van der Waals surface area (Å²) in [6.45, 7) is -2.93. The van der Waals surface area contributed by atoms with Gasteiger partial charge in [-0.2, -0.15) is 13.2 Å². The largest absolute Gasteiger partial charge is 0.310 e. The maximum atomic E-state index is 12.1. The molecule has 2 nitrogen and oxygen atoms in total. The molecule has 11 heavy (non-hydrogen) atoms. The van der Waals surface area contributed by atoms with E-state index < -0.39 is 24.9 Å². The van der Waals surface area contributed by atoms with Crippen molar-refractivity contribution in [3.8, 4) is 0 Å². The Hall–Kier alpha value is 0.440. The number of nitrogens with zero attached hydrogens (tertiary/aromatic N) is 1. The molecular weight excluding hydrogens is 274 g/mol. The van der Waals surface area contributed by atoms with E-state index in [4.69, 9.17) is 0 Å². The zero-order valence-electron chi connectivity index (χ0n) is 5.90. The second kappa shape index (κ2) is 6.01. The normalized spacial score (nSPS) is 12.0. The van der Waals surface area contributed by atoms with Crippen molar-refractivity contribution < 1.29 is 20.7 Å². The number of quaternary nitrogens is 1. The fraction of sp³-hybridized carbons (Fsp3) is 1.00. The summed E-state index contributed by atoms with van der Waals surface area (Å²) in [5.41, 5.74) is 0. The summed E-state index contributed by atoms with van der Waals surface area (Å²) in [5, 5.41) is 0. The monoisotopic (exact) mass is 284 g/mol. The minimum absolute atomic E-state index is 0.0203. The van der Waals surface area contributed by atoms with Gasteiger partial charge < -0.3 is 3.07 Å². The van der Waals surface area contributed by atoms with Crippen LogP contribution in [0.2, 0.25) is 0 Å². The zero-order valence-corrected chi connectivity index (χ0v) is 8.06. The highest BCUT2D eigenvalue weighted by molar-refractivity contribution is 14.1. The Balaban J connectivity index is 3.84. The van der Waals surface area contributed by atoms with Crippen LogP contribution in [0.3, 0.4) is 0 Å². The first-order chi connectivity index (χ1) is 5.24. The summed E-state index contributed by atoms with van der Waals surface area (Å²) in [6, 6.07) is 0. The number of hydrogen-bond donors (Lipinski definition) is 0. The molecule has 0 N–H and O–H groups in total. The molecule has 0 aromatic carbocycles. The van der Waals surface area contributed by atoms with Gasteiger partial charge in [0.25, 0.3) is 0 Å². The Labute approximate surface area is 77.6 Å². The smallest absolute Gasteiger partial charge is 0.226 e. The molecule has 0 aliphatic carbocycles. The molecule has 0 amide bonds. The van der Waals surface area contributed by atoms with Crippen LogP contribution in [0.15, 0.2) is 0 Å². The molecule has 0 heterocycles. The summed E-state index contributed by atoms with van der Waals surface area (Å²) in [4.78, 5) is 0. The molecule has 0 saturated carbocycles. The molecule has 0 radical (unpaired) electrons. The molecule has 0 aromatic rings. The number of rotatable bonds is 6. The van der Waals surface area contributed by atoms with E-state index in [0.29, 0.717) is 0 Å². The van der Waals surface area contributed by atoms with Gasteiger partial charge in [0.15, 0.2) is 0 Å². The van der Waals surface area contributed by atoms with Crippen LogP contribution in [0.4, 0.5) is 13.2 Å². The van der Waals surface area contributed by atoms with E-state index in [1.165, 1.54) is 0 Å². The molecule has 0 aliphatic heterocycles. The average Bonchev–Trinajstić information content (AvgIpc) is 2.08. The van der Waals surface area contributed by atoms with Crippen LogP contribution < -0.4 is 0 Å². The van der Waals surface area contributed by atoms with Crippen molar-refractivity contribution in [1.82, 2.24) is 0 Å². The summed E-state index contributed by atoms with van der Waals surface area (Å²) >= 11 is 1.60. The molecule has 0 saturated heterocycles. The highest BCUT2D eigenvalue weighted by Gasteiger charge is 2.26. The first-order valence-electron chi connectivity index (χ1n) is 3.01. The Morgan fingerprint density at radius 1 is 1.09 bits per heavy atom. The van der Waals surface area contributed by atoms with E-state index in [9.17, 15) is 13.2 Å².